The number of likely N-dealkylation sites (tertiary alicyclic amines) is 1. The van der Waals surface area contributed by atoms with Crippen molar-refractivity contribution < 1.29 is 22.7 Å². The highest BCUT2D eigenvalue weighted by molar-refractivity contribution is 7.90. The van der Waals surface area contributed by atoms with Crippen molar-refractivity contribution in [3.63, 3.8) is 0 Å². The van der Waals surface area contributed by atoms with Crippen LogP contribution in [0.25, 0.3) is 0 Å². The summed E-state index contributed by atoms with van der Waals surface area (Å²) >= 11 is 6.14. The quantitative estimate of drug-likeness (QED) is 0.398. The Labute approximate surface area is 256 Å². The molecule has 2 aromatic carbocycles. The van der Waals surface area contributed by atoms with Crippen molar-refractivity contribution in [2.75, 3.05) is 44.4 Å². The van der Waals surface area contributed by atoms with E-state index < -0.39 is 15.9 Å². The first-order valence-corrected chi connectivity index (χ1v) is 16.2. The molecule has 2 fully saturated rings. The van der Waals surface area contributed by atoms with Gasteiger partial charge in [-0.05, 0) is 66.9 Å². The third-order valence-electron chi connectivity index (χ3n) is 8.19. The fraction of sp³-hybridized carbons (Fsp3) is 0.355. The Balaban J connectivity index is 1.27. The van der Waals surface area contributed by atoms with Gasteiger partial charge in [-0.1, -0.05) is 23.7 Å². The van der Waals surface area contributed by atoms with Gasteiger partial charge >= 0.3 is 6.09 Å². The van der Waals surface area contributed by atoms with Gasteiger partial charge in [0.15, 0.2) is 9.84 Å². The average molecular weight is 622 g/mol. The monoisotopic (exact) mass is 621 g/mol. The molecule has 0 unspecified atom stereocenters. The van der Waals surface area contributed by atoms with Crippen molar-refractivity contribution in [3.8, 4) is 11.8 Å². The van der Waals surface area contributed by atoms with Crippen molar-refractivity contribution in [2.24, 2.45) is 5.92 Å². The lowest BCUT2D eigenvalue weighted by atomic mass is 9.93. The van der Waals surface area contributed by atoms with Crippen LogP contribution in [0.15, 0.2) is 71.8 Å². The van der Waals surface area contributed by atoms with Gasteiger partial charge in [0.25, 0.3) is 0 Å². The second-order valence-corrected chi connectivity index (χ2v) is 13.4. The summed E-state index contributed by atoms with van der Waals surface area (Å²) in [6.45, 7) is 2.15. The molecule has 2 saturated heterocycles. The normalized spacial score (nSPS) is 19.1. The Morgan fingerprint density at radius 1 is 1.02 bits per heavy atom. The van der Waals surface area contributed by atoms with Gasteiger partial charge in [0.1, 0.15) is 17.6 Å². The lowest BCUT2D eigenvalue weighted by Gasteiger charge is -2.34. The van der Waals surface area contributed by atoms with Gasteiger partial charge in [0.2, 0.25) is 5.91 Å². The first-order valence-electron chi connectivity index (χ1n) is 13.9. The minimum absolute atomic E-state index is 0.0621. The van der Waals surface area contributed by atoms with E-state index in [4.69, 9.17) is 21.6 Å². The minimum atomic E-state index is -3.38. The van der Waals surface area contributed by atoms with Crippen molar-refractivity contribution in [1.82, 2.24) is 14.8 Å². The number of hydrogen-bond acceptors (Lipinski definition) is 8. The Morgan fingerprint density at radius 3 is 2.28 bits per heavy atom. The molecule has 0 aliphatic carbocycles. The SMILES string of the molecule is CN(C(=O)Oc1ccc(S(C)(=O)=O)cc1)[C@@H]1CN(C(=O)C2CCN(c3ccc(C#N)cn3)CC2)C[C@H]1c1ccc(Cl)cc1. The van der Waals surface area contributed by atoms with E-state index in [1.54, 1.807) is 31.4 Å². The van der Waals surface area contributed by atoms with E-state index in [0.29, 0.717) is 49.6 Å². The van der Waals surface area contributed by atoms with Crippen LogP contribution < -0.4 is 9.64 Å². The first kappa shape index (κ1) is 30.3. The van der Waals surface area contributed by atoms with Gasteiger partial charge in [-0.3, -0.25) is 4.79 Å². The lowest BCUT2D eigenvalue weighted by molar-refractivity contribution is -0.135. The van der Waals surface area contributed by atoms with Gasteiger partial charge in [-0.25, -0.2) is 18.2 Å². The van der Waals surface area contributed by atoms with Gasteiger partial charge < -0.3 is 19.4 Å². The molecule has 2 aliphatic rings. The van der Waals surface area contributed by atoms with E-state index in [1.165, 1.54) is 29.2 Å². The van der Waals surface area contributed by atoms with Gasteiger partial charge in [-0.15, -0.1) is 0 Å². The zero-order valence-corrected chi connectivity index (χ0v) is 25.5. The fourth-order valence-electron chi connectivity index (χ4n) is 5.71. The summed E-state index contributed by atoms with van der Waals surface area (Å²) in [5.41, 5.74) is 1.47. The zero-order chi connectivity index (χ0) is 30.7. The highest BCUT2D eigenvalue weighted by Crippen LogP contribution is 2.34. The van der Waals surface area contributed by atoms with Crippen molar-refractivity contribution >= 4 is 39.3 Å². The predicted molar refractivity (Wildman–Crippen MR) is 162 cm³/mol. The van der Waals surface area contributed by atoms with E-state index in [0.717, 1.165) is 17.6 Å². The number of hydrogen-bond donors (Lipinski definition) is 0. The standard InChI is InChI=1S/C31H32ClN5O5S/c1-35(31(39)42-25-8-10-26(11-9-25)43(2,40)41)28-20-37(19-27(28)22-4-6-24(32)7-5-22)30(38)23-13-15-36(16-14-23)29-12-3-21(17-33)18-34-29/h3-12,18,23,27-28H,13-16,19-20H2,1-2H3/t27-,28+/m0/s1. The molecule has 5 rings (SSSR count). The van der Waals surface area contributed by atoms with Crippen molar-refractivity contribution in [3.05, 3.63) is 83.0 Å². The molecule has 0 spiro atoms. The topological polar surface area (TPSA) is 124 Å². The molecule has 10 nitrogen and oxygen atoms in total. The molecule has 224 valence electrons. The van der Waals surface area contributed by atoms with Crippen LogP contribution in [-0.2, 0) is 14.6 Å². The number of piperidine rings is 1. The number of sulfone groups is 1. The van der Waals surface area contributed by atoms with Crippen LogP contribution in [0.1, 0.15) is 29.9 Å². The number of pyridine rings is 1. The number of benzene rings is 2. The molecule has 43 heavy (non-hydrogen) atoms. The Morgan fingerprint density at radius 2 is 1.70 bits per heavy atom. The summed E-state index contributed by atoms with van der Waals surface area (Å²) in [5.74, 6) is 0.771. The number of amides is 2. The first-order chi connectivity index (χ1) is 20.5. The molecule has 3 heterocycles. The number of carbonyl (C=O) groups is 2. The summed E-state index contributed by atoms with van der Waals surface area (Å²) in [4.78, 5) is 37.0. The van der Waals surface area contributed by atoms with E-state index >= 15 is 0 Å². The summed E-state index contributed by atoms with van der Waals surface area (Å²) in [5, 5.41) is 9.62. The maximum Gasteiger partial charge on any atom is 0.415 e. The number of likely N-dealkylation sites (N-methyl/N-ethyl adjacent to an activating group) is 1. The summed E-state index contributed by atoms with van der Waals surface area (Å²) < 4.78 is 29.1. The lowest BCUT2D eigenvalue weighted by Crippen LogP contribution is -2.45. The molecular weight excluding hydrogens is 590 g/mol. The molecule has 2 atom stereocenters. The molecule has 3 aromatic rings. The van der Waals surface area contributed by atoms with Gasteiger partial charge in [-0.2, -0.15) is 5.26 Å². The number of ether oxygens (including phenoxy) is 1. The molecule has 0 N–H and O–H groups in total. The van der Waals surface area contributed by atoms with E-state index in [1.807, 2.05) is 23.1 Å². The number of carbonyl (C=O) groups excluding carboxylic acids is 2. The molecule has 0 saturated carbocycles. The van der Waals surface area contributed by atoms with Gasteiger partial charge in [0.05, 0.1) is 16.5 Å². The van der Waals surface area contributed by atoms with Crippen LogP contribution in [0.5, 0.6) is 5.75 Å². The maximum absolute atomic E-state index is 13.8. The fourth-order valence-corrected chi connectivity index (χ4v) is 6.47. The molecule has 0 bridgehead atoms. The third-order valence-corrected chi connectivity index (χ3v) is 9.57. The Hall–Kier alpha value is -4.14. The number of nitriles is 1. The number of rotatable bonds is 6. The summed E-state index contributed by atoms with van der Waals surface area (Å²) in [7, 11) is -1.73. The second kappa shape index (κ2) is 12.6. The minimum Gasteiger partial charge on any atom is -0.410 e. The van der Waals surface area contributed by atoms with E-state index in [2.05, 4.69) is 16.0 Å². The predicted octanol–water partition coefficient (Wildman–Crippen LogP) is 4.35. The van der Waals surface area contributed by atoms with Crippen LogP contribution in [-0.4, -0.2) is 80.7 Å². The van der Waals surface area contributed by atoms with E-state index in [9.17, 15) is 18.0 Å². The number of aromatic nitrogens is 1. The number of halogens is 1. The smallest absolute Gasteiger partial charge is 0.410 e. The van der Waals surface area contributed by atoms with Gasteiger partial charge in [0, 0.05) is 62.5 Å². The van der Waals surface area contributed by atoms with Crippen LogP contribution in [0.3, 0.4) is 0 Å². The summed E-state index contributed by atoms with van der Waals surface area (Å²) in [6, 6.07) is 18.4. The van der Waals surface area contributed by atoms with Crippen LogP contribution in [0.4, 0.5) is 10.6 Å². The van der Waals surface area contributed by atoms with Crippen molar-refractivity contribution in [2.45, 2.75) is 29.7 Å². The third kappa shape index (κ3) is 6.92. The number of anilines is 1. The average Bonchev–Trinajstić information content (AvgIpc) is 3.46. The molecule has 0 radical (unpaired) electrons. The second-order valence-electron chi connectivity index (χ2n) is 11.0. The largest absolute Gasteiger partial charge is 0.415 e. The molecule has 2 amide bonds. The molecule has 2 aliphatic heterocycles. The Bertz CT molecular complexity index is 1620. The maximum atomic E-state index is 13.8. The summed E-state index contributed by atoms with van der Waals surface area (Å²) in [6.07, 6.45) is 3.42. The van der Waals surface area contributed by atoms with Crippen LogP contribution in [0, 0.1) is 17.2 Å². The highest BCUT2D eigenvalue weighted by Gasteiger charge is 2.42. The van der Waals surface area contributed by atoms with Crippen molar-refractivity contribution in [1.29, 1.82) is 5.26 Å². The Kier molecular flexibility index (Phi) is 8.89. The number of nitrogens with zero attached hydrogens (tertiary/aromatic N) is 5. The van der Waals surface area contributed by atoms with Crippen LogP contribution >= 0.6 is 11.6 Å². The zero-order valence-electron chi connectivity index (χ0n) is 23.9. The molecule has 1 aromatic heterocycles. The van der Waals surface area contributed by atoms with Crippen LogP contribution in [0.2, 0.25) is 5.02 Å². The van der Waals surface area contributed by atoms with E-state index in [-0.39, 0.29) is 34.4 Å². The molecule has 12 heteroatoms. The highest BCUT2D eigenvalue weighted by atomic mass is 35.5. The molecular formula is C31H32ClN5O5S.